The predicted molar refractivity (Wildman–Crippen MR) is 296 cm³/mol. The maximum Gasteiger partial charge on any atom is 0.296 e. The largest absolute Gasteiger partial charge is 0.505 e. The normalized spacial score (nSPS) is 12.5. The first-order chi connectivity index (χ1) is 37.6. The quantitative estimate of drug-likeness (QED) is 0.0225. The lowest BCUT2D eigenvalue weighted by Gasteiger charge is -2.15. The zero-order valence-electron chi connectivity index (χ0n) is 42.3. The van der Waals surface area contributed by atoms with Gasteiger partial charge in [0.05, 0.1) is 52.8 Å². The number of amides is 1. The number of nitrogens with one attached hydrogen (secondary N) is 2. The Labute approximate surface area is 457 Å². The third-order valence-electron chi connectivity index (χ3n) is 11.9. The summed E-state index contributed by atoms with van der Waals surface area (Å²) in [5.74, 6) is -2.34. The molecule has 8 aromatic rings. The number of benzene rings is 8. The van der Waals surface area contributed by atoms with Crippen LogP contribution in [0.4, 0.5) is 51.2 Å². The van der Waals surface area contributed by atoms with E-state index in [9.17, 15) is 57.2 Å². The van der Waals surface area contributed by atoms with Crippen molar-refractivity contribution in [2.45, 2.75) is 41.9 Å². The van der Waals surface area contributed by atoms with E-state index in [-0.39, 0.29) is 45.3 Å². The summed E-state index contributed by atoms with van der Waals surface area (Å²) >= 11 is 0. The molecule has 0 aromatic heterocycles. The van der Waals surface area contributed by atoms with Crippen molar-refractivity contribution >= 4 is 119 Å². The van der Waals surface area contributed by atoms with Gasteiger partial charge in [0.1, 0.15) is 32.7 Å². The third-order valence-corrected chi connectivity index (χ3v) is 15.3. The van der Waals surface area contributed by atoms with E-state index in [4.69, 9.17) is 14.0 Å². The molecule has 414 valence electrons. The highest BCUT2D eigenvalue weighted by atomic mass is 32.2. The summed E-state index contributed by atoms with van der Waals surface area (Å²) in [5, 5.41) is 43.0. The van der Waals surface area contributed by atoms with Gasteiger partial charge < -0.3 is 25.2 Å². The Morgan fingerprint density at radius 3 is 1.80 bits per heavy atom. The van der Waals surface area contributed by atoms with E-state index in [1.165, 1.54) is 31.4 Å². The monoisotopic (exact) mass is 1170 g/mol. The van der Waals surface area contributed by atoms with Crippen LogP contribution in [0, 0.1) is 20.8 Å². The molecular weight excluding hydrogens is 1120 g/mol. The number of aryl methyl sites for hydroxylation is 3. The minimum atomic E-state index is -5.11. The lowest BCUT2D eigenvalue weighted by molar-refractivity contribution is 0.102. The van der Waals surface area contributed by atoms with E-state index >= 15 is 0 Å². The van der Waals surface area contributed by atoms with Gasteiger partial charge in [0.2, 0.25) is 0 Å². The van der Waals surface area contributed by atoms with E-state index in [1.807, 2.05) is 30.3 Å². The van der Waals surface area contributed by atoms with Crippen molar-refractivity contribution in [2.75, 3.05) is 30.1 Å². The van der Waals surface area contributed by atoms with Crippen LogP contribution in [0.2, 0.25) is 0 Å². The van der Waals surface area contributed by atoms with Crippen molar-refractivity contribution in [3.63, 3.8) is 0 Å². The average Bonchev–Trinajstić information content (AvgIpc) is 3.45. The number of nitrogens with zero attached hydrogens (tertiary/aromatic N) is 6. The molecule has 80 heavy (non-hydrogen) atoms. The molecule has 0 bridgehead atoms. The summed E-state index contributed by atoms with van der Waals surface area (Å²) in [5.41, 5.74) is 4.05. The van der Waals surface area contributed by atoms with Gasteiger partial charge in [-0.3, -0.25) is 23.0 Å². The summed E-state index contributed by atoms with van der Waals surface area (Å²) in [4.78, 5) is 11.4. The summed E-state index contributed by atoms with van der Waals surface area (Å²) in [6.07, 6.45) is -0.258. The number of ether oxygens (including phenoxy) is 2. The second-order valence-electron chi connectivity index (χ2n) is 17.7. The Balaban J connectivity index is 0.974. The Morgan fingerprint density at radius 2 is 1.16 bits per heavy atom. The molecule has 0 atom stereocenters. The molecule has 0 aliphatic carbocycles. The van der Waals surface area contributed by atoms with Crippen molar-refractivity contribution in [2.24, 2.45) is 30.7 Å². The fourth-order valence-electron chi connectivity index (χ4n) is 7.98. The van der Waals surface area contributed by atoms with Gasteiger partial charge in [0.15, 0.2) is 5.75 Å². The van der Waals surface area contributed by atoms with Crippen molar-refractivity contribution in [3.8, 4) is 17.2 Å². The molecule has 0 unspecified atom stereocenters. The number of phenolic OH excluding ortho intramolecular Hbond substituents is 1. The molecule has 1 amide bonds. The molecular formula is C52H46N8O16S4. The fourth-order valence-corrected chi connectivity index (χ4v) is 10.3. The number of hydrogen-bond donors (Lipinski definition) is 7. The zero-order chi connectivity index (χ0) is 57.9. The number of phenols is 1. The van der Waals surface area contributed by atoms with E-state index in [1.54, 1.807) is 69.3 Å². The number of aromatic hydroxyl groups is 1. The molecule has 24 nitrogen and oxygen atoms in total. The van der Waals surface area contributed by atoms with E-state index in [0.717, 1.165) is 30.0 Å². The summed E-state index contributed by atoms with van der Waals surface area (Å²) < 4.78 is 147. The lowest BCUT2D eigenvalue weighted by atomic mass is 10.1. The van der Waals surface area contributed by atoms with Crippen LogP contribution >= 0.6 is 0 Å². The van der Waals surface area contributed by atoms with Gasteiger partial charge in [-0.2, -0.15) is 54.1 Å². The second-order valence-corrected chi connectivity index (χ2v) is 23.5. The van der Waals surface area contributed by atoms with Gasteiger partial charge >= 0.3 is 0 Å². The Kier molecular flexibility index (Phi) is 16.5. The summed E-state index contributed by atoms with van der Waals surface area (Å²) in [6.45, 7) is 4.84. The van der Waals surface area contributed by atoms with Crippen molar-refractivity contribution in [1.29, 1.82) is 0 Å². The van der Waals surface area contributed by atoms with E-state index < -0.39 is 90.6 Å². The first-order valence-corrected chi connectivity index (χ1v) is 29.3. The van der Waals surface area contributed by atoms with Crippen LogP contribution in [0.3, 0.4) is 0 Å². The highest BCUT2D eigenvalue weighted by Crippen LogP contribution is 2.43. The first kappa shape index (κ1) is 57.6. The first-order valence-electron chi connectivity index (χ1n) is 23.4. The Bertz CT molecular complexity index is 4370. The van der Waals surface area contributed by atoms with E-state index in [2.05, 4.69) is 41.3 Å². The average molecular weight is 1170 g/mol. The fraction of sp³-hybridized carbons (Fsp3) is 0.135. The highest BCUT2D eigenvalue weighted by Gasteiger charge is 2.25. The number of para-hydroxylation sites is 1. The SMILES string of the molecule is COc1cc(C(=O)Nc2cc3c(OCCCS(=O)(=O)O)cc(S(=O)(=O)O)cc3cc2S(=O)(=O)O)ccc1N=Nc1ccc(N=Nc2cc(C)c(N=Nc3c(S(=O)(=O)O)cc4cc(Nc5ccccc5)ccc4c3O)cc2C)cc1C. The zero-order valence-corrected chi connectivity index (χ0v) is 45.6. The smallest absolute Gasteiger partial charge is 0.296 e. The van der Waals surface area contributed by atoms with Crippen LogP contribution < -0.4 is 20.1 Å². The van der Waals surface area contributed by atoms with Gasteiger partial charge in [-0.25, -0.2) is 0 Å². The number of hydrogen-bond acceptors (Lipinski definition) is 19. The van der Waals surface area contributed by atoms with Crippen LogP contribution in [-0.4, -0.2) is 82.4 Å². The van der Waals surface area contributed by atoms with Gasteiger partial charge in [-0.15, -0.1) is 10.2 Å². The molecule has 0 saturated carbocycles. The molecule has 8 rings (SSSR count). The lowest BCUT2D eigenvalue weighted by Crippen LogP contribution is -2.15. The molecule has 0 aliphatic heterocycles. The number of fused-ring (bicyclic) bond motifs is 2. The molecule has 0 radical (unpaired) electrons. The van der Waals surface area contributed by atoms with Gasteiger partial charge in [-0.1, -0.05) is 18.2 Å². The topological polar surface area (TPSA) is 371 Å². The van der Waals surface area contributed by atoms with Crippen LogP contribution in [0.1, 0.15) is 33.5 Å². The highest BCUT2D eigenvalue weighted by molar-refractivity contribution is 7.86. The molecule has 0 fully saturated rings. The van der Waals surface area contributed by atoms with Crippen LogP contribution in [0.25, 0.3) is 21.5 Å². The third kappa shape index (κ3) is 13.8. The standard InChI is InChI=1S/C52H46N8O16S4/c1-29-19-37(55-58-43-20-31(3)44(21-30(43)2)59-60-50-49(80(72,73)74)26-33-22-36(12-14-39(33)51(50)61)53-35-9-6-5-7-10-35)13-16-41(29)56-57-42-15-11-32(24-47(42)75-4)52(62)54-45-28-40-34(25-48(45)79(69,70)71)23-38(78(66,67)68)27-46(40)76-17-8-18-77(63,64)65/h5-7,9-16,19-28,53,61H,8,17-18H2,1-4H3,(H,54,62)(H,63,64,65)(H,66,67,68)(H,69,70,71)(H,72,73,74). The maximum atomic E-state index is 13.7. The van der Waals surface area contributed by atoms with E-state index in [0.29, 0.717) is 50.5 Å². The number of anilines is 3. The molecule has 28 heteroatoms. The molecule has 0 spiro atoms. The number of azo groups is 3. The molecule has 7 N–H and O–H groups in total. The maximum absolute atomic E-state index is 13.7. The second kappa shape index (κ2) is 23.0. The number of methoxy groups -OCH3 is 1. The molecule has 0 saturated heterocycles. The van der Waals surface area contributed by atoms with Crippen molar-refractivity contribution in [3.05, 3.63) is 150 Å². The van der Waals surface area contributed by atoms with Crippen LogP contribution in [-0.2, 0) is 40.5 Å². The summed E-state index contributed by atoms with van der Waals surface area (Å²) in [7, 11) is -18.0. The van der Waals surface area contributed by atoms with Crippen LogP contribution in [0.15, 0.2) is 173 Å². The molecule has 8 aromatic carbocycles. The minimum Gasteiger partial charge on any atom is -0.505 e. The predicted octanol–water partition coefficient (Wildman–Crippen LogP) is 12.3. The van der Waals surface area contributed by atoms with Gasteiger partial charge in [-0.05, 0) is 158 Å². The number of carbonyl (C=O) groups excluding carboxylic acids is 1. The Morgan fingerprint density at radius 1 is 0.550 bits per heavy atom. The minimum absolute atomic E-state index is 0.0272. The van der Waals surface area contributed by atoms with Crippen molar-refractivity contribution < 1.29 is 71.3 Å². The molecule has 0 heterocycles. The van der Waals surface area contributed by atoms with Crippen LogP contribution in [0.5, 0.6) is 17.2 Å². The summed E-state index contributed by atoms with van der Waals surface area (Å²) in [6, 6.07) is 31.4. The number of rotatable bonds is 19. The van der Waals surface area contributed by atoms with Gasteiger partial charge in [0, 0.05) is 33.8 Å². The Hall–Kier alpha value is -8.61. The molecule has 0 aliphatic rings. The van der Waals surface area contributed by atoms with Gasteiger partial charge in [0.25, 0.3) is 46.4 Å². The number of carbonyl (C=O) groups is 1. The van der Waals surface area contributed by atoms with Crippen molar-refractivity contribution in [1.82, 2.24) is 0 Å².